The standard InChI is InChI=1S/C22H39N3O2/c1-6-17(2)24-27-21(23-18-13-9-7-10-14-18)25(20(26)22(3,4)5)19-15-11-8-12-16-19/h18-19H,6-16H2,1-5H3/b23-21?,24-17+. The van der Waals surface area contributed by atoms with Gasteiger partial charge < -0.3 is 4.84 Å². The van der Waals surface area contributed by atoms with Crippen LogP contribution in [0.1, 0.15) is 105 Å². The van der Waals surface area contributed by atoms with Gasteiger partial charge in [0.25, 0.3) is 0 Å². The van der Waals surface area contributed by atoms with Crippen LogP contribution in [-0.4, -0.2) is 34.6 Å². The first-order valence-electron chi connectivity index (χ1n) is 10.9. The minimum atomic E-state index is -0.475. The highest BCUT2D eigenvalue weighted by Crippen LogP contribution is 2.29. The van der Waals surface area contributed by atoms with E-state index in [9.17, 15) is 4.79 Å². The van der Waals surface area contributed by atoms with Crippen molar-refractivity contribution in [3.05, 3.63) is 0 Å². The Morgan fingerprint density at radius 1 is 1.00 bits per heavy atom. The Kier molecular flexibility index (Phi) is 8.30. The molecule has 2 fully saturated rings. The van der Waals surface area contributed by atoms with Crippen LogP contribution in [0.15, 0.2) is 10.1 Å². The van der Waals surface area contributed by atoms with Gasteiger partial charge in [0.2, 0.25) is 5.91 Å². The maximum absolute atomic E-state index is 13.4. The molecule has 2 aliphatic carbocycles. The van der Waals surface area contributed by atoms with Gasteiger partial charge in [0, 0.05) is 11.5 Å². The summed E-state index contributed by atoms with van der Waals surface area (Å²) >= 11 is 0. The lowest BCUT2D eigenvalue weighted by Gasteiger charge is -2.37. The van der Waals surface area contributed by atoms with Crippen LogP contribution < -0.4 is 0 Å². The van der Waals surface area contributed by atoms with E-state index in [1.54, 1.807) is 0 Å². The minimum Gasteiger partial charge on any atom is -0.317 e. The lowest BCUT2D eigenvalue weighted by molar-refractivity contribution is -0.138. The van der Waals surface area contributed by atoms with Gasteiger partial charge in [-0.25, -0.2) is 4.99 Å². The topological polar surface area (TPSA) is 54.3 Å². The number of amidine groups is 1. The molecular formula is C22H39N3O2. The third-order valence-electron chi connectivity index (χ3n) is 5.67. The van der Waals surface area contributed by atoms with E-state index >= 15 is 0 Å². The molecule has 0 bridgehead atoms. The Morgan fingerprint density at radius 2 is 1.56 bits per heavy atom. The molecule has 2 saturated carbocycles. The maximum atomic E-state index is 13.4. The summed E-state index contributed by atoms with van der Waals surface area (Å²) in [6.45, 7) is 9.94. The Labute approximate surface area is 165 Å². The second-order valence-corrected chi connectivity index (χ2v) is 9.19. The summed E-state index contributed by atoms with van der Waals surface area (Å²) in [5, 5.41) is 4.28. The summed E-state index contributed by atoms with van der Waals surface area (Å²) in [4.78, 5) is 26.1. The summed E-state index contributed by atoms with van der Waals surface area (Å²) < 4.78 is 0. The highest BCUT2D eigenvalue weighted by Gasteiger charge is 2.37. The molecule has 2 rings (SSSR count). The van der Waals surface area contributed by atoms with Gasteiger partial charge in [0.05, 0.1) is 11.8 Å². The van der Waals surface area contributed by atoms with Crippen molar-refractivity contribution in [3.63, 3.8) is 0 Å². The molecule has 0 spiro atoms. The molecule has 0 unspecified atom stereocenters. The fourth-order valence-electron chi connectivity index (χ4n) is 3.79. The maximum Gasteiger partial charge on any atom is 0.324 e. The van der Waals surface area contributed by atoms with Crippen molar-refractivity contribution in [2.75, 3.05) is 0 Å². The minimum absolute atomic E-state index is 0.0910. The molecule has 1 amide bonds. The van der Waals surface area contributed by atoms with Gasteiger partial charge in [0.1, 0.15) is 0 Å². The molecule has 0 aromatic rings. The number of carbonyl (C=O) groups is 1. The van der Waals surface area contributed by atoms with Gasteiger partial charge in [-0.2, -0.15) is 0 Å². The van der Waals surface area contributed by atoms with Crippen molar-refractivity contribution in [1.29, 1.82) is 0 Å². The first-order chi connectivity index (χ1) is 12.8. The molecule has 0 radical (unpaired) electrons. The van der Waals surface area contributed by atoms with Crippen molar-refractivity contribution >= 4 is 17.6 Å². The second-order valence-electron chi connectivity index (χ2n) is 9.19. The largest absolute Gasteiger partial charge is 0.324 e. The van der Waals surface area contributed by atoms with E-state index in [-0.39, 0.29) is 18.0 Å². The summed E-state index contributed by atoms with van der Waals surface area (Å²) in [6, 6.07) is 0.844. The molecule has 154 valence electrons. The predicted molar refractivity (Wildman–Crippen MR) is 112 cm³/mol. The van der Waals surface area contributed by atoms with E-state index < -0.39 is 5.41 Å². The van der Waals surface area contributed by atoms with Crippen LogP contribution in [0.2, 0.25) is 0 Å². The molecule has 0 atom stereocenters. The number of rotatable bonds is 4. The number of hydrogen-bond acceptors (Lipinski definition) is 4. The fraction of sp³-hybridized carbons (Fsp3) is 0.864. The molecule has 5 heteroatoms. The summed E-state index contributed by atoms with van der Waals surface area (Å²) in [5.74, 6) is 0.0910. The summed E-state index contributed by atoms with van der Waals surface area (Å²) in [7, 11) is 0. The van der Waals surface area contributed by atoms with E-state index in [0.29, 0.717) is 6.02 Å². The molecule has 2 aliphatic rings. The second kappa shape index (κ2) is 10.2. The molecule has 0 saturated heterocycles. The van der Waals surface area contributed by atoms with Gasteiger partial charge in [-0.3, -0.25) is 9.69 Å². The van der Waals surface area contributed by atoms with Crippen LogP contribution in [0, 0.1) is 5.41 Å². The van der Waals surface area contributed by atoms with Crippen molar-refractivity contribution in [3.8, 4) is 0 Å². The number of amides is 1. The van der Waals surface area contributed by atoms with Crippen LogP contribution >= 0.6 is 0 Å². The Balaban J connectivity index is 2.36. The van der Waals surface area contributed by atoms with E-state index in [0.717, 1.165) is 50.7 Å². The Morgan fingerprint density at radius 3 is 2.07 bits per heavy atom. The fourth-order valence-corrected chi connectivity index (χ4v) is 3.79. The van der Waals surface area contributed by atoms with Gasteiger partial charge in [0.15, 0.2) is 0 Å². The van der Waals surface area contributed by atoms with Gasteiger partial charge in [-0.15, -0.1) is 0 Å². The van der Waals surface area contributed by atoms with Crippen LogP contribution in [0.3, 0.4) is 0 Å². The predicted octanol–water partition coefficient (Wildman–Crippen LogP) is 5.69. The first kappa shape index (κ1) is 21.9. The Hall–Kier alpha value is -1.39. The average molecular weight is 378 g/mol. The highest BCUT2D eigenvalue weighted by atomic mass is 16.6. The van der Waals surface area contributed by atoms with E-state index in [1.807, 2.05) is 32.6 Å². The van der Waals surface area contributed by atoms with E-state index in [4.69, 9.17) is 9.83 Å². The monoisotopic (exact) mass is 377 g/mol. The SMILES string of the molecule is CC/C(C)=N/OC(=NC1CCCCC1)N(C(=O)C(C)(C)C)C1CCCCC1. The lowest BCUT2D eigenvalue weighted by Crippen LogP contribution is -2.51. The van der Waals surface area contributed by atoms with E-state index in [1.165, 1.54) is 25.7 Å². The molecule has 0 heterocycles. The molecule has 0 aliphatic heterocycles. The van der Waals surface area contributed by atoms with Crippen molar-refractivity contribution in [1.82, 2.24) is 4.90 Å². The normalized spacial score (nSPS) is 21.2. The zero-order valence-electron chi connectivity index (χ0n) is 18.1. The van der Waals surface area contributed by atoms with Crippen LogP contribution in [0.4, 0.5) is 0 Å². The third-order valence-corrected chi connectivity index (χ3v) is 5.67. The number of aliphatic imine (C=N–C) groups is 1. The lowest BCUT2D eigenvalue weighted by atomic mass is 9.90. The molecular weight excluding hydrogens is 338 g/mol. The zero-order valence-corrected chi connectivity index (χ0v) is 18.1. The van der Waals surface area contributed by atoms with Gasteiger partial charge in [-0.1, -0.05) is 71.4 Å². The molecule has 5 nitrogen and oxygen atoms in total. The molecule has 0 aromatic heterocycles. The summed E-state index contributed by atoms with van der Waals surface area (Å²) in [6.07, 6.45) is 12.3. The van der Waals surface area contributed by atoms with Crippen LogP contribution in [0.25, 0.3) is 0 Å². The first-order valence-corrected chi connectivity index (χ1v) is 10.9. The summed E-state index contributed by atoms with van der Waals surface area (Å²) in [5.41, 5.74) is 0.440. The number of oxime groups is 1. The van der Waals surface area contributed by atoms with Crippen LogP contribution in [0.5, 0.6) is 0 Å². The third kappa shape index (κ3) is 6.62. The number of hydrogen-bond donors (Lipinski definition) is 0. The van der Waals surface area contributed by atoms with E-state index in [2.05, 4.69) is 12.1 Å². The number of nitrogens with zero attached hydrogens (tertiary/aromatic N) is 3. The average Bonchev–Trinajstić information content (AvgIpc) is 2.66. The van der Waals surface area contributed by atoms with Crippen molar-refractivity contribution in [2.24, 2.45) is 15.6 Å². The quantitative estimate of drug-likeness (QED) is 0.359. The van der Waals surface area contributed by atoms with Crippen LogP contribution in [-0.2, 0) is 9.63 Å². The van der Waals surface area contributed by atoms with Gasteiger partial charge in [-0.05, 0) is 39.0 Å². The molecule has 0 aromatic carbocycles. The van der Waals surface area contributed by atoms with Crippen molar-refractivity contribution < 1.29 is 9.63 Å². The smallest absolute Gasteiger partial charge is 0.317 e. The molecule has 27 heavy (non-hydrogen) atoms. The number of carbonyl (C=O) groups excluding carboxylic acids is 1. The van der Waals surface area contributed by atoms with Gasteiger partial charge >= 0.3 is 6.02 Å². The zero-order chi connectivity index (χ0) is 19.9. The Bertz CT molecular complexity index is 536. The molecule has 0 N–H and O–H groups in total. The highest BCUT2D eigenvalue weighted by molar-refractivity contribution is 5.97. The van der Waals surface area contributed by atoms with Crippen molar-refractivity contribution in [2.45, 2.75) is 117 Å².